The topological polar surface area (TPSA) is 90.7 Å². The van der Waals surface area contributed by atoms with Crippen molar-refractivity contribution >= 4 is 11.9 Å². The molecule has 1 aromatic carbocycles. The van der Waals surface area contributed by atoms with Gasteiger partial charge < -0.3 is 20.1 Å². The lowest BCUT2D eigenvalue weighted by Crippen LogP contribution is -2.51. The standard InChI is InChI=1S/C19H25N5O3/c1-14-11-17(27-22-14)13-23-7-9-24(10-8-23)19(26)21-12-15-3-5-16(6-4-15)18(25)20-2/h3-6,11H,7-10,12-13H2,1-2H3,(H,20,25)(H,21,26). The van der Waals surface area contributed by atoms with Gasteiger partial charge in [-0.25, -0.2) is 4.79 Å². The maximum absolute atomic E-state index is 12.4. The first-order chi connectivity index (χ1) is 13.0. The van der Waals surface area contributed by atoms with E-state index in [-0.39, 0.29) is 11.9 Å². The van der Waals surface area contributed by atoms with Crippen molar-refractivity contribution in [2.45, 2.75) is 20.0 Å². The van der Waals surface area contributed by atoms with Gasteiger partial charge in [-0.1, -0.05) is 17.3 Å². The van der Waals surface area contributed by atoms with Crippen LogP contribution in [-0.4, -0.2) is 60.1 Å². The zero-order valence-corrected chi connectivity index (χ0v) is 15.7. The van der Waals surface area contributed by atoms with E-state index in [4.69, 9.17) is 4.52 Å². The molecule has 2 N–H and O–H groups in total. The summed E-state index contributed by atoms with van der Waals surface area (Å²) >= 11 is 0. The molecule has 0 spiro atoms. The Bertz CT molecular complexity index is 779. The van der Waals surface area contributed by atoms with Crippen LogP contribution in [0.5, 0.6) is 0 Å². The van der Waals surface area contributed by atoms with Gasteiger partial charge in [0.05, 0.1) is 12.2 Å². The van der Waals surface area contributed by atoms with Crippen molar-refractivity contribution in [3.05, 3.63) is 52.9 Å². The van der Waals surface area contributed by atoms with Gasteiger partial charge in [-0.05, 0) is 24.6 Å². The van der Waals surface area contributed by atoms with Crippen molar-refractivity contribution in [1.29, 1.82) is 0 Å². The summed E-state index contributed by atoms with van der Waals surface area (Å²) in [4.78, 5) is 28.0. The van der Waals surface area contributed by atoms with E-state index in [1.54, 1.807) is 19.2 Å². The summed E-state index contributed by atoms with van der Waals surface area (Å²) in [6, 6.07) is 9.08. The summed E-state index contributed by atoms with van der Waals surface area (Å²) in [5.74, 6) is 0.731. The minimum atomic E-state index is -0.121. The largest absolute Gasteiger partial charge is 0.360 e. The Hall–Kier alpha value is -2.87. The molecule has 2 heterocycles. The minimum absolute atomic E-state index is 0.0689. The van der Waals surface area contributed by atoms with E-state index in [2.05, 4.69) is 20.7 Å². The van der Waals surface area contributed by atoms with E-state index in [0.717, 1.165) is 30.1 Å². The predicted molar refractivity (Wildman–Crippen MR) is 100 cm³/mol. The number of nitrogens with zero attached hydrogens (tertiary/aromatic N) is 3. The molecule has 0 saturated carbocycles. The molecule has 8 nitrogen and oxygen atoms in total. The molecule has 0 atom stereocenters. The summed E-state index contributed by atoms with van der Waals surface area (Å²) in [5.41, 5.74) is 2.44. The molecule has 27 heavy (non-hydrogen) atoms. The normalized spacial score (nSPS) is 14.8. The Morgan fingerprint density at radius 1 is 1.15 bits per heavy atom. The Kier molecular flexibility index (Phi) is 6.08. The van der Waals surface area contributed by atoms with Crippen LogP contribution in [0.25, 0.3) is 0 Å². The first kappa shape index (κ1) is 18.9. The highest BCUT2D eigenvalue weighted by atomic mass is 16.5. The molecule has 0 radical (unpaired) electrons. The van der Waals surface area contributed by atoms with E-state index < -0.39 is 0 Å². The molecule has 0 unspecified atom stereocenters. The van der Waals surface area contributed by atoms with E-state index in [1.807, 2.05) is 30.0 Å². The second kappa shape index (κ2) is 8.68. The lowest BCUT2D eigenvalue weighted by atomic mass is 10.1. The molecule has 0 aliphatic carbocycles. The number of nitrogens with one attached hydrogen (secondary N) is 2. The van der Waals surface area contributed by atoms with Gasteiger partial charge in [-0.15, -0.1) is 0 Å². The predicted octanol–water partition coefficient (Wildman–Crippen LogP) is 1.37. The van der Waals surface area contributed by atoms with Crippen molar-refractivity contribution in [2.75, 3.05) is 33.2 Å². The molecule has 1 aliphatic heterocycles. The fourth-order valence-corrected chi connectivity index (χ4v) is 3.03. The van der Waals surface area contributed by atoms with Gasteiger partial charge in [-0.3, -0.25) is 9.69 Å². The van der Waals surface area contributed by atoms with Crippen LogP contribution >= 0.6 is 0 Å². The molecule has 1 saturated heterocycles. The van der Waals surface area contributed by atoms with E-state index >= 15 is 0 Å². The molecule has 8 heteroatoms. The third-order valence-electron chi connectivity index (χ3n) is 4.60. The molecule has 1 aliphatic rings. The quantitative estimate of drug-likeness (QED) is 0.828. The third-order valence-corrected chi connectivity index (χ3v) is 4.60. The van der Waals surface area contributed by atoms with Crippen LogP contribution in [0.15, 0.2) is 34.9 Å². The van der Waals surface area contributed by atoms with Crippen molar-refractivity contribution in [2.24, 2.45) is 0 Å². The smallest absolute Gasteiger partial charge is 0.317 e. The fourth-order valence-electron chi connectivity index (χ4n) is 3.03. The Labute approximate surface area is 158 Å². The molecule has 1 aromatic heterocycles. The number of aryl methyl sites for hydroxylation is 1. The molecular formula is C19H25N5O3. The van der Waals surface area contributed by atoms with E-state index in [9.17, 15) is 9.59 Å². The maximum Gasteiger partial charge on any atom is 0.317 e. The maximum atomic E-state index is 12.4. The van der Waals surface area contributed by atoms with E-state index in [1.165, 1.54) is 0 Å². The summed E-state index contributed by atoms with van der Waals surface area (Å²) in [5, 5.41) is 9.42. The van der Waals surface area contributed by atoms with Gasteiger partial charge in [-0.2, -0.15) is 0 Å². The summed E-state index contributed by atoms with van der Waals surface area (Å²) in [7, 11) is 1.60. The zero-order valence-electron chi connectivity index (χ0n) is 15.7. The monoisotopic (exact) mass is 371 g/mol. The minimum Gasteiger partial charge on any atom is -0.360 e. The van der Waals surface area contributed by atoms with Gasteiger partial charge in [0.25, 0.3) is 5.91 Å². The Morgan fingerprint density at radius 2 is 1.85 bits per heavy atom. The number of carbonyl (C=O) groups is 2. The first-order valence-electron chi connectivity index (χ1n) is 9.03. The highest BCUT2D eigenvalue weighted by Crippen LogP contribution is 2.10. The van der Waals surface area contributed by atoms with Crippen molar-refractivity contribution in [3.8, 4) is 0 Å². The second-order valence-corrected chi connectivity index (χ2v) is 6.63. The van der Waals surface area contributed by atoms with Crippen LogP contribution < -0.4 is 10.6 Å². The third kappa shape index (κ3) is 5.07. The Morgan fingerprint density at radius 3 is 2.44 bits per heavy atom. The van der Waals surface area contributed by atoms with Crippen LogP contribution in [0.4, 0.5) is 4.79 Å². The van der Waals surface area contributed by atoms with Crippen LogP contribution in [0.2, 0.25) is 0 Å². The molecule has 144 valence electrons. The second-order valence-electron chi connectivity index (χ2n) is 6.63. The van der Waals surface area contributed by atoms with Crippen LogP contribution in [-0.2, 0) is 13.1 Å². The van der Waals surface area contributed by atoms with Crippen molar-refractivity contribution < 1.29 is 14.1 Å². The van der Waals surface area contributed by atoms with Crippen molar-refractivity contribution in [3.63, 3.8) is 0 Å². The average molecular weight is 371 g/mol. The SMILES string of the molecule is CNC(=O)c1ccc(CNC(=O)N2CCN(Cc3cc(C)no3)CC2)cc1. The van der Waals surface area contributed by atoms with Crippen LogP contribution in [0.3, 0.4) is 0 Å². The number of hydrogen-bond acceptors (Lipinski definition) is 5. The van der Waals surface area contributed by atoms with Gasteiger partial charge in [0.1, 0.15) is 0 Å². The average Bonchev–Trinajstić information content (AvgIpc) is 3.11. The Balaban J connectivity index is 1.42. The number of benzene rings is 1. The molecule has 2 aromatic rings. The number of aromatic nitrogens is 1. The van der Waals surface area contributed by atoms with Gasteiger partial charge in [0.2, 0.25) is 0 Å². The van der Waals surface area contributed by atoms with Crippen LogP contribution in [0.1, 0.15) is 27.4 Å². The number of carbonyl (C=O) groups excluding carboxylic acids is 2. The molecule has 3 rings (SSSR count). The fraction of sp³-hybridized carbons (Fsp3) is 0.421. The van der Waals surface area contributed by atoms with Crippen molar-refractivity contribution in [1.82, 2.24) is 25.6 Å². The summed E-state index contributed by atoms with van der Waals surface area (Å²) in [6.07, 6.45) is 0. The zero-order chi connectivity index (χ0) is 19.2. The first-order valence-corrected chi connectivity index (χ1v) is 9.03. The summed E-state index contributed by atoms with van der Waals surface area (Å²) in [6.45, 7) is 6.00. The summed E-state index contributed by atoms with van der Waals surface area (Å²) < 4.78 is 5.25. The van der Waals surface area contributed by atoms with E-state index in [0.29, 0.717) is 31.7 Å². The molecular weight excluding hydrogens is 346 g/mol. The lowest BCUT2D eigenvalue weighted by molar-refractivity contribution is 0.0963. The number of amides is 3. The van der Waals surface area contributed by atoms with Gasteiger partial charge in [0, 0.05) is 51.4 Å². The molecule has 0 bridgehead atoms. The van der Waals surface area contributed by atoms with Crippen LogP contribution in [0, 0.1) is 6.92 Å². The molecule has 3 amide bonds. The van der Waals surface area contributed by atoms with Gasteiger partial charge >= 0.3 is 6.03 Å². The highest BCUT2D eigenvalue weighted by Gasteiger charge is 2.21. The van der Waals surface area contributed by atoms with Gasteiger partial charge in [0.15, 0.2) is 5.76 Å². The number of piperazine rings is 1. The highest BCUT2D eigenvalue weighted by molar-refractivity contribution is 5.93. The number of hydrogen-bond donors (Lipinski definition) is 2. The molecule has 1 fully saturated rings. The number of urea groups is 1. The lowest BCUT2D eigenvalue weighted by Gasteiger charge is -2.34. The number of rotatable bonds is 5.